The van der Waals surface area contributed by atoms with Gasteiger partial charge in [-0.15, -0.1) is 0 Å². The van der Waals surface area contributed by atoms with Gasteiger partial charge in [-0.1, -0.05) is 11.6 Å². The molecule has 0 spiro atoms. The van der Waals surface area contributed by atoms with Gasteiger partial charge in [0.1, 0.15) is 6.54 Å². The molecule has 0 unspecified atom stereocenters. The van der Waals surface area contributed by atoms with Gasteiger partial charge >= 0.3 is 5.97 Å². The van der Waals surface area contributed by atoms with Crippen LogP contribution in [0, 0.1) is 18.3 Å². The van der Waals surface area contributed by atoms with E-state index < -0.39 is 5.97 Å². The molecule has 0 saturated carbocycles. The first-order valence-electron chi connectivity index (χ1n) is 5.85. The fourth-order valence-electron chi connectivity index (χ4n) is 1.56. The number of benzene rings is 1. The van der Waals surface area contributed by atoms with Gasteiger partial charge in [0.25, 0.3) is 0 Å². The average molecular weight is 312 g/mol. The van der Waals surface area contributed by atoms with Gasteiger partial charge in [-0.2, -0.15) is 5.26 Å². The molecule has 1 aromatic rings. The molecule has 2 N–H and O–H groups in total. The predicted molar refractivity (Wildman–Crippen MR) is 81.8 cm³/mol. The lowest BCUT2D eigenvalue weighted by Gasteiger charge is -2.23. The van der Waals surface area contributed by atoms with Crippen molar-refractivity contribution in [2.75, 3.05) is 18.4 Å². The number of hydrogen-bond acceptors (Lipinski definition) is 3. The lowest BCUT2D eigenvalue weighted by Crippen LogP contribution is -2.39. The Kier molecular flexibility index (Phi) is 6.22. The summed E-state index contributed by atoms with van der Waals surface area (Å²) in [6.07, 6.45) is 0.203. The fourth-order valence-corrected chi connectivity index (χ4v) is 2.05. The maximum atomic E-state index is 10.8. The fraction of sp³-hybridized carbons (Fsp3) is 0.308. The first-order valence-corrected chi connectivity index (χ1v) is 6.63. The van der Waals surface area contributed by atoms with Crippen molar-refractivity contribution in [3.63, 3.8) is 0 Å². The van der Waals surface area contributed by atoms with Gasteiger partial charge in [-0.25, -0.2) is 0 Å². The Labute approximate surface area is 127 Å². The number of anilines is 1. The second kappa shape index (κ2) is 7.68. The van der Waals surface area contributed by atoms with E-state index in [2.05, 4.69) is 5.32 Å². The van der Waals surface area contributed by atoms with Crippen LogP contribution in [0.4, 0.5) is 5.69 Å². The van der Waals surface area contributed by atoms with Crippen LogP contribution in [0.2, 0.25) is 5.02 Å². The van der Waals surface area contributed by atoms with Gasteiger partial charge < -0.3 is 15.3 Å². The number of rotatable bonds is 5. The van der Waals surface area contributed by atoms with Crippen molar-refractivity contribution in [2.24, 2.45) is 0 Å². The number of carboxylic acids is 1. The molecule has 0 aromatic heterocycles. The number of thiocarbonyl (C=S) groups is 1. The van der Waals surface area contributed by atoms with Crippen LogP contribution >= 0.6 is 23.8 Å². The molecule has 0 amide bonds. The zero-order chi connectivity index (χ0) is 15.1. The highest BCUT2D eigenvalue weighted by atomic mass is 35.5. The monoisotopic (exact) mass is 311 g/mol. The van der Waals surface area contributed by atoms with Crippen LogP contribution in [-0.2, 0) is 4.79 Å². The van der Waals surface area contributed by atoms with Crippen molar-refractivity contribution in [2.45, 2.75) is 13.3 Å². The van der Waals surface area contributed by atoms with Crippen LogP contribution in [0.3, 0.4) is 0 Å². The third-order valence-electron chi connectivity index (χ3n) is 2.54. The smallest absolute Gasteiger partial charge is 0.323 e. The van der Waals surface area contributed by atoms with E-state index in [4.69, 9.17) is 34.2 Å². The van der Waals surface area contributed by atoms with Gasteiger partial charge in [-0.3, -0.25) is 4.79 Å². The van der Waals surface area contributed by atoms with Crippen LogP contribution in [0.25, 0.3) is 0 Å². The number of carboxylic acid groups (broad SMARTS) is 1. The molecule has 0 aliphatic rings. The summed E-state index contributed by atoms with van der Waals surface area (Å²) in [5.74, 6) is -1.00. The van der Waals surface area contributed by atoms with Crippen molar-refractivity contribution in [3.8, 4) is 6.07 Å². The number of halogens is 1. The zero-order valence-corrected chi connectivity index (χ0v) is 12.5. The van der Waals surface area contributed by atoms with Crippen molar-refractivity contribution in [1.82, 2.24) is 4.90 Å². The molecule has 106 valence electrons. The summed E-state index contributed by atoms with van der Waals surface area (Å²) in [7, 11) is 0. The van der Waals surface area contributed by atoms with Crippen LogP contribution in [0.1, 0.15) is 12.0 Å². The molecule has 5 nitrogen and oxygen atoms in total. The van der Waals surface area contributed by atoms with E-state index in [9.17, 15) is 4.79 Å². The minimum Gasteiger partial charge on any atom is -0.480 e. The summed E-state index contributed by atoms with van der Waals surface area (Å²) in [4.78, 5) is 12.3. The highest BCUT2D eigenvalue weighted by Crippen LogP contribution is 2.20. The Bertz CT molecular complexity index is 557. The van der Waals surface area contributed by atoms with E-state index in [1.165, 1.54) is 4.90 Å². The molecular weight excluding hydrogens is 298 g/mol. The van der Waals surface area contributed by atoms with Crippen LogP contribution in [0.15, 0.2) is 18.2 Å². The molecule has 0 radical (unpaired) electrons. The van der Waals surface area contributed by atoms with Gasteiger partial charge in [0.2, 0.25) is 0 Å². The molecule has 0 bridgehead atoms. The summed E-state index contributed by atoms with van der Waals surface area (Å²) in [6, 6.07) is 7.24. The van der Waals surface area contributed by atoms with Gasteiger partial charge in [0.05, 0.1) is 12.5 Å². The van der Waals surface area contributed by atoms with Crippen molar-refractivity contribution in [3.05, 3.63) is 28.8 Å². The zero-order valence-electron chi connectivity index (χ0n) is 10.9. The second-order valence-electron chi connectivity index (χ2n) is 4.11. The standard InChI is InChI=1S/C13H14ClN3O2S/c1-9-7-10(14)3-4-11(9)16-13(20)17(6-2-5-15)8-12(18)19/h3-4,7H,2,6,8H2,1H3,(H,16,20)(H,18,19). The number of hydrogen-bond donors (Lipinski definition) is 2. The molecular formula is C13H14ClN3O2S. The van der Waals surface area contributed by atoms with Crippen LogP contribution in [0.5, 0.6) is 0 Å². The average Bonchev–Trinajstić information content (AvgIpc) is 2.37. The molecule has 1 aromatic carbocycles. The topological polar surface area (TPSA) is 76.4 Å². The number of carbonyl (C=O) groups is 1. The summed E-state index contributed by atoms with van der Waals surface area (Å²) in [5.41, 5.74) is 1.65. The molecule has 20 heavy (non-hydrogen) atoms. The summed E-state index contributed by atoms with van der Waals surface area (Å²) < 4.78 is 0. The minimum atomic E-state index is -1.00. The number of aliphatic carboxylic acids is 1. The quantitative estimate of drug-likeness (QED) is 0.814. The molecule has 0 saturated heterocycles. The van der Waals surface area contributed by atoms with E-state index in [1.54, 1.807) is 18.2 Å². The third-order valence-corrected chi connectivity index (χ3v) is 3.13. The van der Waals surface area contributed by atoms with E-state index in [-0.39, 0.29) is 24.6 Å². The van der Waals surface area contributed by atoms with E-state index >= 15 is 0 Å². The van der Waals surface area contributed by atoms with E-state index in [0.717, 1.165) is 11.3 Å². The Morgan fingerprint density at radius 1 is 1.60 bits per heavy atom. The summed E-state index contributed by atoms with van der Waals surface area (Å²) in [5, 5.41) is 21.3. The van der Waals surface area contributed by atoms with Gasteiger partial charge in [0.15, 0.2) is 5.11 Å². The van der Waals surface area contributed by atoms with E-state index in [1.807, 2.05) is 13.0 Å². The van der Waals surface area contributed by atoms with Crippen molar-refractivity contribution >= 4 is 40.6 Å². The maximum absolute atomic E-state index is 10.8. The van der Waals surface area contributed by atoms with Crippen LogP contribution in [-0.4, -0.2) is 34.2 Å². The lowest BCUT2D eigenvalue weighted by molar-refractivity contribution is -0.137. The first kappa shape index (κ1) is 16.2. The van der Waals surface area contributed by atoms with Gasteiger partial charge in [0, 0.05) is 17.3 Å². The molecule has 0 atom stereocenters. The molecule has 0 aliphatic heterocycles. The Morgan fingerprint density at radius 3 is 2.85 bits per heavy atom. The number of nitrogens with one attached hydrogen (secondary N) is 1. The van der Waals surface area contributed by atoms with Crippen LogP contribution < -0.4 is 5.32 Å². The molecule has 1 rings (SSSR count). The molecule has 7 heteroatoms. The minimum absolute atomic E-state index is 0.203. The molecule has 0 heterocycles. The maximum Gasteiger partial charge on any atom is 0.323 e. The normalized spacial score (nSPS) is 9.65. The molecule has 0 aliphatic carbocycles. The lowest BCUT2D eigenvalue weighted by atomic mass is 10.2. The number of aryl methyl sites for hydroxylation is 1. The third kappa shape index (κ3) is 5.03. The van der Waals surface area contributed by atoms with Crippen molar-refractivity contribution < 1.29 is 9.90 Å². The highest BCUT2D eigenvalue weighted by molar-refractivity contribution is 7.80. The number of nitrogens with zero attached hydrogens (tertiary/aromatic N) is 2. The Hall–Kier alpha value is -1.84. The van der Waals surface area contributed by atoms with Gasteiger partial charge in [-0.05, 0) is 42.9 Å². The Balaban J connectivity index is 2.79. The largest absolute Gasteiger partial charge is 0.480 e. The number of nitriles is 1. The first-order chi connectivity index (χ1) is 9.43. The Morgan fingerprint density at radius 2 is 2.30 bits per heavy atom. The predicted octanol–water partition coefficient (Wildman–Crippen LogP) is 2.65. The summed E-state index contributed by atoms with van der Waals surface area (Å²) >= 11 is 11.1. The van der Waals surface area contributed by atoms with Crippen molar-refractivity contribution in [1.29, 1.82) is 5.26 Å². The highest BCUT2D eigenvalue weighted by Gasteiger charge is 2.14. The molecule has 0 fully saturated rings. The van der Waals surface area contributed by atoms with E-state index in [0.29, 0.717) is 5.02 Å². The summed E-state index contributed by atoms with van der Waals surface area (Å²) in [6.45, 7) is 1.88. The SMILES string of the molecule is Cc1cc(Cl)ccc1NC(=S)N(CCC#N)CC(=O)O. The second-order valence-corrected chi connectivity index (χ2v) is 4.94.